The number of hydrogen-bond donors (Lipinski definition) is 2. The molecule has 2 rings (SSSR count). The predicted octanol–water partition coefficient (Wildman–Crippen LogP) is 5.01. The summed E-state index contributed by atoms with van der Waals surface area (Å²) in [5, 5.41) is 19.2. The van der Waals surface area contributed by atoms with Gasteiger partial charge in [0, 0.05) is 0 Å². The normalized spacial score (nSPS) is 10.2. The largest absolute Gasteiger partial charge is 0.478 e. The Morgan fingerprint density at radius 3 is 1.24 bits per heavy atom. The van der Waals surface area contributed by atoms with Gasteiger partial charge in [-0.1, -0.05) is 36.4 Å². The summed E-state index contributed by atoms with van der Waals surface area (Å²) in [5.74, 6) is -4.39. The van der Waals surface area contributed by atoms with Crippen molar-refractivity contribution in [3.63, 3.8) is 0 Å². The number of esters is 2. The molecule has 0 amide bonds. The molecule has 2 N–H and O–H groups in total. The van der Waals surface area contributed by atoms with Gasteiger partial charge in [-0.15, -0.1) is 26.3 Å². The second-order valence-corrected chi connectivity index (χ2v) is 8.10. The first-order valence-corrected chi connectivity index (χ1v) is 11.8. The van der Waals surface area contributed by atoms with Gasteiger partial charge in [-0.25, -0.2) is 19.2 Å². The van der Waals surface area contributed by atoms with E-state index in [-0.39, 0.29) is 48.3 Å². The number of carbonyl (C=O) groups is 4. The third-order valence-electron chi connectivity index (χ3n) is 5.66. The average Bonchev–Trinajstić information content (AvgIpc) is 2.88. The zero-order chi connectivity index (χ0) is 28.2. The Bertz CT molecular complexity index is 1190. The highest BCUT2D eigenvalue weighted by molar-refractivity contribution is 6.05. The Kier molecular flexibility index (Phi) is 11.0. The molecule has 0 aliphatic carbocycles. The van der Waals surface area contributed by atoms with E-state index in [1.807, 2.05) is 0 Å². The fourth-order valence-electron chi connectivity index (χ4n) is 4.07. The molecule has 38 heavy (non-hydrogen) atoms. The maximum atomic E-state index is 13.0. The third kappa shape index (κ3) is 6.94. The number of allylic oxidation sites excluding steroid dienone is 4. The summed E-state index contributed by atoms with van der Waals surface area (Å²) in [5.41, 5.74) is 1.66. The van der Waals surface area contributed by atoms with E-state index in [0.717, 1.165) is 0 Å². The lowest BCUT2D eigenvalue weighted by molar-refractivity contribution is 0.0261. The predicted molar refractivity (Wildman–Crippen MR) is 143 cm³/mol. The number of aromatic carboxylic acids is 2. The molecule has 0 bridgehead atoms. The lowest BCUT2D eigenvalue weighted by Crippen LogP contribution is -2.21. The molecule has 8 heteroatoms. The van der Waals surface area contributed by atoms with Gasteiger partial charge in [0.2, 0.25) is 0 Å². The number of rotatable bonds is 15. The molecular weight excluding hydrogens is 488 g/mol. The van der Waals surface area contributed by atoms with Crippen LogP contribution in [-0.4, -0.2) is 47.3 Å². The molecule has 198 valence electrons. The van der Waals surface area contributed by atoms with Crippen LogP contribution in [0.5, 0.6) is 0 Å². The molecule has 0 spiro atoms. The van der Waals surface area contributed by atoms with Gasteiger partial charge in [0.25, 0.3) is 0 Å². The smallest absolute Gasteiger partial charge is 0.339 e. The van der Waals surface area contributed by atoms with Gasteiger partial charge in [-0.2, -0.15) is 0 Å². The van der Waals surface area contributed by atoms with Crippen molar-refractivity contribution in [2.45, 2.75) is 25.7 Å². The van der Waals surface area contributed by atoms with Gasteiger partial charge in [0.1, 0.15) is 13.2 Å². The minimum absolute atomic E-state index is 0.110. The van der Waals surface area contributed by atoms with Crippen molar-refractivity contribution >= 4 is 23.9 Å². The van der Waals surface area contributed by atoms with Crippen molar-refractivity contribution in [3.8, 4) is 0 Å². The summed E-state index contributed by atoms with van der Waals surface area (Å²) in [6, 6.07) is 5.89. The summed E-state index contributed by atoms with van der Waals surface area (Å²) < 4.78 is 10.5. The van der Waals surface area contributed by atoms with Crippen molar-refractivity contribution in [2.75, 3.05) is 13.2 Å². The molecule has 0 fully saturated rings. The van der Waals surface area contributed by atoms with Crippen molar-refractivity contribution < 1.29 is 38.9 Å². The van der Waals surface area contributed by atoms with Crippen LogP contribution in [0.4, 0.5) is 0 Å². The zero-order valence-corrected chi connectivity index (χ0v) is 21.0. The number of hydrogen-bond acceptors (Lipinski definition) is 6. The highest BCUT2D eigenvalue weighted by atomic mass is 16.6. The van der Waals surface area contributed by atoms with E-state index < -0.39 is 23.9 Å². The minimum atomic E-state index is -1.30. The molecule has 2 aromatic carbocycles. The lowest BCUT2D eigenvalue weighted by atomic mass is 9.92. The average molecular weight is 519 g/mol. The zero-order valence-electron chi connectivity index (χ0n) is 21.0. The topological polar surface area (TPSA) is 127 Å². The van der Waals surface area contributed by atoms with Crippen LogP contribution in [-0.2, 0) is 35.2 Å². The van der Waals surface area contributed by atoms with Gasteiger partial charge in [0.05, 0.1) is 22.3 Å². The van der Waals surface area contributed by atoms with E-state index in [4.69, 9.17) is 9.47 Å². The molecule has 0 saturated heterocycles. The minimum Gasteiger partial charge on any atom is -0.478 e. The monoisotopic (exact) mass is 518 g/mol. The Morgan fingerprint density at radius 2 is 0.947 bits per heavy atom. The summed E-state index contributed by atoms with van der Waals surface area (Å²) in [6.07, 6.45) is 7.64. The maximum Gasteiger partial charge on any atom is 0.339 e. The van der Waals surface area contributed by atoms with Crippen LogP contribution in [0.2, 0.25) is 0 Å². The number of carboxylic acid groups (broad SMARTS) is 2. The Morgan fingerprint density at radius 1 is 0.605 bits per heavy atom. The van der Waals surface area contributed by atoms with E-state index in [9.17, 15) is 29.4 Å². The highest BCUT2D eigenvalue weighted by Gasteiger charge is 2.25. The van der Waals surface area contributed by atoms with Crippen LogP contribution >= 0.6 is 0 Å². The molecule has 0 saturated carbocycles. The first-order valence-electron chi connectivity index (χ1n) is 11.8. The second kappa shape index (κ2) is 14.1. The third-order valence-corrected chi connectivity index (χ3v) is 5.66. The lowest BCUT2D eigenvalue weighted by Gasteiger charge is -2.16. The molecule has 0 aliphatic rings. The van der Waals surface area contributed by atoms with E-state index >= 15 is 0 Å². The standard InChI is InChI=1S/C30H30O8/c1-5-9-19-13-15-23(27(31)32)25(21(19)11-7-3)29(35)37-17-18-38-30(36)26-22(12-8-4)20(10-6-2)14-16-24(26)28(33)34/h5-8,13-16H,1-4,9-12,17-18H2,(H,31,32)(H,33,34). The molecule has 8 nitrogen and oxygen atoms in total. The van der Waals surface area contributed by atoms with Crippen molar-refractivity contribution in [2.24, 2.45) is 0 Å². The van der Waals surface area contributed by atoms with Crippen molar-refractivity contribution in [1.82, 2.24) is 0 Å². The van der Waals surface area contributed by atoms with Gasteiger partial charge >= 0.3 is 23.9 Å². The number of carboxylic acids is 2. The van der Waals surface area contributed by atoms with Crippen LogP contribution in [0.3, 0.4) is 0 Å². The number of ether oxygens (including phenoxy) is 2. The Hall–Kier alpha value is -4.72. The van der Waals surface area contributed by atoms with Crippen LogP contribution in [0.1, 0.15) is 63.7 Å². The van der Waals surface area contributed by atoms with Crippen LogP contribution in [0, 0.1) is 0 Å². The van der Waals surface area contributed by atoms with Crippen molar-refractivity contribution in [3.05, 3.63) is 119 Å². The Labute approximate surface area is 221 Å². The van der Waals surface area contributed by atoms with Gasteiger partial charge in [0.15, 0.2) is 0 Å². The second-order valence-electron chi connectivity index (χ2n) is 8.10. The fraction of sp³-hybridized carbons (Fsp3) is 0.200. The van der Waals surface area contributed by atoms with Crippen LogP contribution < -0.4 is 0 Å². The SMILES string of the molecule is C=CCc1ccc(C(=O)O)c(C(=O)OCCOC(=O)c2c(C(=O)O)ccc(CC=C)c2CC=C)c1CC=C. The maximum absolute atomic E-state index is 13.0. The van der Waals surface area contributed by atoms with Gasteiger partial charge in [-0.3, -0.25) is 0 Å². The van der Waals surface area contributed by atoms with E-state index in [2.05, 4.69) is 26.3 Å². The first kappa shape index (κ1) is 29.5. The molecule has 0 heterocycles. The fourth-order valence-corrected chi connectivity index (χ4v) is 4.07. The molecule has 0 unspecified atom stereocenters. The van der Waals surface area contributed by atoms with Gasteiger partial charge < -0.3 is 19.7 Å². The molecule has 0 aliphatic heterocycles. The van der Waals surface area contributed by atoms with Gasteiger partial charge in [-0.05, 0) is 60.1 Å². The summed E-state index contributed by atoms with van der Waals surface area (Å²) >= 11 is 0. The molecule has 0 aromatic heterocycles. The van der Waals surface area contributed by atoms with Crippen molar-refractivity contribution in [1.29, 1.82) is 0 Å². The molecule has 0 radical (unpaired) electrons. The molecular formula is C30H30O8. The molecule has 2 aromatic rings. The number of carbonyl (C=O) groups excluding carboxylic acids is 2. The van der Waals surface area contributed by atoms with Crippen LogP contribution in [0.15, 0.2) is 74.9 Å². The van der Waals surface area contributed by atoms with E-state index in [1.54, 1.807) is 36.4 Å². The number of benzene rings is 2. The van der Waals surface area contributed by atoms with E-state index in [1.165, 1.54) is 12.1 Å². The quantitative estimate of drug-likeness (QED) is 0.191. The summed E-state index contributed by atoms with van der Waals surface area (Å²) in [7, 11) is 0. The van der Waals surface area contributed by atoms with E-state index in [0.29, 0.717) is 35.1 Å². The summed E-state index contributed by atoms with van der Waals surface area (Å²) in [4.78, 5) is 49.5. The Balaban J connectivity index is 2.27. The summed E-state index contributed by atoms with van der Waals surface area (Å²) in [6.45, 7) is 14.0. The first-order chi connectivity index (χ1) is 18.2. The molecule has 0 atom stereocenters. The highest BCUT2D eigenvalue weighted by Crippen LogP contribution is 2.25. The van der Waals surface area contributed by atoms with Crippen LogP contribution in [0.25, 0.3) is 0 Å².